The second kappa shape index (κ2) is 8.34. The third-order valence-electron chi connectivity index (χ3n) is 3.61. The Bertz CT molecular complexity index is 445. The summed E-state index contributed by atoms with van der Waals surface area (Å²) in [6.07, 6.45) is 2.54. The molecule has 0 aliphatic rings. The zero-order valence-electron chi connectivity index (χ0n) is 13.1. The quantitative estimate of drug-likeness (QED) is 0.719. The SMILES string of the molecule is CCC(C)C(C)NC(=O)NC(C)C(=O)NCc1ccco1. The molecule has 6 heteroatoms. The number of rotatable bonds is 7. The van der Waals surface area contributed by atoms with Crippen LogP contribution in [0.4, 0.5) is 4.79 Å². The van der Waals surface area contributed by atoms with E-state index in [-0.39, 0.29) is 18.0 Å². The molecule has 21 heavy (non-hydrogen) atoms. The van der Waals surface area contributed by atoms with Crippen LogP contribution in [-0.4, -0.2) is 24.0 Å². The summed E-state index contributed by atoms with van der Waals surface area (Å²) >= 11 is 0. The molecular formula is C15H25N3O3. The molecule has 3 unspecified atom stereocenters. The molecule has 0 aliphatic heterocycles. The lowest BCUT2D eigenvalue weighted by atomic mass is 10.0. The molecule has 118 valence electrons. The number of urea groups is 1. The van der Waals surface area contributed by atoms with Gasteiger partial charge in [-0.05, 0) is 31.9 Å². The van der Waals surface area contributed by atoms with Crippen LogP contribution in [-0.2, 0) is 11.3 Å². The smallest absolute Gasteiger partial charge is 0.315 e. The van der Waals surface area contributed by atoms with Gasteiger partial charge >= 0.3 is 6.03 Å². The van der Waals surface area contributed by atoms with Crippen LogP contribution in [0.15, 0.2) is 22.8 Å². The van der Waals surface area contributed by atoms with Crippen molar-refractivity contribution in [1.82, 2.24) is 16.0 Å². The maximum Gasteiger partial charge on any atom is 0.315 e. The molecule has 0 aliphatic carbocycles. The first-order valence-corrected chi connectivity index (χ1v) is 7.31. The Balaban J connectivity index is 2.32. The van der Waals surface area contributed by atoms with Gasteiger partial charge in [-0.15, -0.1) is 0 Å². The van der Waals surface area contributed by atoms with E-state index in [1.807, 2.05) is 6.92 Å². The van der Waals surface area contributed by atoms with Crippen molar-refractivity contribution in [3.63, 3.8) is 0 Å². The van der Waals surface area contributed by atoms with Gasteiger partial charge in [-0.3, -0.25) is 4.79 Å². The fraction of sp³-hybridized carbons (Fsp3) is 0.600. The topological polar surface area (TPSA) is 83.4 Å². The number of nitrogens with one attached hydrogen (secondary N) is 3. The van der Waals surface area contributed by atoms with Crippen molar-refractivity contribution < 1.29 is 14.0 Å². The van der Waals surface area contributed by atoms with E-state index in [0.717, 1.165) is 6.42 Å². The molecule has 6 nitrogen and oxygen atoms in total. The number of hydrogen-bond donors (Lipinski definition) is 3. The molecule has 0 bridgehead atoms. The van der Waals surface area contributed by atoms with Gasteiger partial charge in [-0.25, -0.2) is 4.79 Å². The van der Waals surface area contributed by atoms with Crippen LogP contribution in [0.3, 0.4) is 0 Å². The standard InChI is InChI=1S/C15H25N3O3/c1-5-10(2)11(3)17-15(20)18-12(4)14(19)16-9-13-7-6-8-21-13/h6-8,10-12H,5,9H2,1-4H3,(H,16,19)(H2,17,18,20). The second-order valence-corrected chi connectivity index (χ2v) is 5.31. The van der Waals surface area contributed by atoms with Crippen molar-refractivity contribution in [2.45, 2.75) is 52.7 Å². The summed E-state index contributed by atoms with van der Waals surface area (Å²) in [7, 11) is 0. The molecule has 1 aromatic rings. The third-order valence-corrected chi connectivity index (χ3v) is 3.61. The van der Waals surface area contributed by atoms with Gasteiger partial charge in [0.05, 0.1) is 12.8 Å². The third kappa shape index (κ3) is 5.89. The number of furan rings is 1. The molecular weight excluding hydrogens is 270 g/mol. The molecule has 3 N–H and O–H groups in total. The van der Waals surface area contributed by atoms with E-state index in [4.69, 9.17) is 4.42 Å². The number of hydrogen-bond acceptors (Lipinski definition) is 3. The Kier molecular flexibility index (Phi) is 6.78. The van der Waals surface area contributed by atoms with E-state index in [1.165, 1.54) is 0 Å². The fourth-order valence-corrected chi connectivity index (χ4v) is 1.75. The normalized spacial score (nSPS) is 14.9. The Morgan fingerprint density at radius 3 is 2.52 bits per heavy atom. The van der Waals surface area contributed by atoms with Crippen molar-refractivity contribution in [3.05, 3.63) is 24.2 Å². The van der Waals surface area contributed by atoms with Gasteiger partial charge < -0.3 is 20.4 Å². The number of amides is 3. The molecule has 1 aromatic heterocycles. The summed E-state index contributed by atoms with van der Waals surface area (Å²) in [5.74, 6) is 0.807. The average Bonchev–Trinajstić information content (AvgIpc) is 2.96. The van der Waals surface area contributed by atoms with Crippen molar-refractivity contribution >= 4 is 11.9 Å². The molecule has 0 saturated carbocycles. The van der Waals surface area contributed by atoms with Gasteiger partial charge in [0.2, 0.25) is 5.91 Å². The first kappa shape index (κ1) is 17.1. The minimum atomic E-state index is -0.607. The minimum Gasteiger partial charge on any atom is -0.467 e. The van der Waals surface area contributed by atoms with Crippen LogP contribution in [0.25, 0.3) is 0 Å². The molecule has 0 spiro atoms. The van der Waals surface area contributed by atoms with E-state index in [9.17, 15) is 9.59 Å². The summed E-state index contributed by atoms with van der Waals surface area (Å²) in [6, 6.07) is 2.66. The molecule has 3 amide bonds. The fourth-order valence-electron chi connectivity index (χ4n) is 1.75. The van der Waals surface area contributed by atoms with Gasteiger partial charge in [-0.2, -0.15) is 0 Å². The van der Waals surface area contributed by atoms with Gasteiger partial charge in [0, 0.05) is 6.04 Å². The van der Waals surface area contributed by atoms with E-state index in [0.29, 0.717) is 18.2 Å². The average molecular weight is 295 g/mol. The summed E-state index contributed by atoms with van der Waals surface area (Å²) in [4.78, 5) is 23.7. The Labute approximate surface area is 125 Å². The van der Waals surface area contributed by atoms with Crippen LogP contribution < -0.4 is 16.0 Å². The van der Waals surface area contributed by atoms with E-state index in [2.05, 4.69) is 29.8 Å². The van der Waals surface area contributed by atoms with Crippen LogP contribution in [0.2, 0.25) is 0 Å². The highest BCUT2D eigenvalue weighted by Gasteiger charge is 2.18. The molecule has 1 rings (SSSR count). The van der Waals surface area contributed by atoms with Crippen molar-refractivity contribution in [2.75, 3.05) is 0 Å². The largest absolute Gasteiger partial charge is 0.467 e. The first-order valence-electron chi connectivity index (χ1n) is 7.31. The van der Waals surface area contributed by atoms with Crippen LogP contribution in [0, 0.1) is 5.92 Å². The molecule has 0 fully saturated rings. The Morgan fingerprint density at radius 2 is 1.95 bits per heavy atom. The maximum atomic E-state index is 11.9. The predicted molar refractivity (Wildman–Crippen MR) is 80.6 cm³/mol. The summed E-state index contributed by atoms with van der Waals surface area (Å²) in [5, 5.41) is 8.17. The minimum absolute atomic E-state index is 0.0633. The van der Waals surface area contributed by atoms with Gasteiger partial charge in [0.15, 0.2) is 0 Å². The molecule has 1 heterocycles. The Morgan fingerprint density at radius 1 is 1.24 bits per heavy atom. The number of carbonyl (C=O) groups is 2. The van der Waals surface area contributed by atoms with E-state index >= 15 is 0 Å². The number of carbonyl (C=O) groups excluding carboxylic acids is 2. The maximum absolute atomic E-state index is 11.9. The predicted octanol–water partition coefficient (Wildman–Crippen LogP) is 2.02. The molecule has 0 radical (unpaired) electrons. The zero-order chi connectivity index (χ0) is 15.8. The van der Waals surface area contributed by atoms with Gasteiger partial charge in [0.25, 0.3) is 0 Å². The van der Waals surface area contributed by atoms with E-state index in [1.54, 1.807) is 25.3 Å². The zero-order valence-corrected chi connectivity index (χ0v) is 13.1. The van der Waals surface area contributed by atoms with Crippen molar-refractivity contribution in [2.24, 2.45) is 5.92 Å². The van der Waals surface area contributed by atoms with Gasteiger partial charge in [0.1, 0.15) is 11.8 Å². The van der Waals surface area contributed by atoms with Crippen LogP contribution in [0.1, 0.15) is 39.9 Å². The lowest BCUT2D eigenvalue weighted by molar-refractivity contribution is -0.122. The summed E-state index contributed by atoms with van der Waals surface area (Å²) in [6.45, 7) is 8.05. The monoisotopic (exact) mass is 295 g/mol. The van der Waals surface area contributed by atoms with Crippen molar-refractivity contribution in [3.8, 4) is 0 Å². The van der Waals surface area contributed by atoms with Crippen LogP contribution in [0.5, 0.6) is 0 Å². The lowest BCUT2D eigenvalue weighted by Gasteiger charge is -2.21. The van der Waals surface area contributed by atoms with Crippen molar-refractivity contribution in [1.29, 1.82) is 0 Å². The molecule has 0 aromatic carbocycles. The van der Waals surface area contributed by atoms with Crippen LogP contribution >= 0.6 is 0 Å². The highest BCUT2D eigenvalue weighted by Crippen LogP contribution is 2.06. The van der Waals surface area contributed by atoms with Gasteiger partial charge in [-0.1, -0.05) is 20.3 Å². The second-order valence-electron chi connectivity index (χ2n) is 5.31. The molecule has 3 atom stereocenters. The highest BCUT2D eigenvalue weighted by atomic mass is 16.3. The Hall–Kier alpha value is -1.98. The lowest BCUT2D eigenvalue weighted by Crippen LogP contribution is -2.51. The summed E-state index contributed by atoms with van der Waals surface area (Å²) in [5.41, 5.74) is 0. The molecule has 0 saturated heterocycles. The first-order chi connectivity index (χ1) is 9.93. The summed E-state index contributed by atoms with van der Waals surface area (Å²) < 4.78 is 5.12. The van der Waals surface area contributed by atoms with E-state index < -0.39 is 6.04 Å². The highest BCUT2D eigenvalue weighted by molar-refractivity contribution is 5.86.